The molecule has 4 heteroatoms. The van der Waals surface area contributed by atoms with Crippen molar-refractivity contribution in [3.8, 4) is 0 Å². The fraction of sp³-hybridized carbons (Fsp3) is 0.947. The van der Waals surface area contributed by atoms with Crippen molar-refractivity contribution in [3.05, 3.63) is 0 Å². The molecule has 1 unspecified atom stereocenters. The molecular formula is C19H40O3Si. The quantitative estimate of drug-likeness (QED) is 0.317. The maximum absolute atomic E-state index is 12.0. The van der Waals surface area contributed by atoms with E-state index in [4.69, 9.17) is 9.16 Å². The maximum atomic E-state index is 12.0. The molecule has 0 aromatic rings. The molecule has 0 heterocycles. The minimum absolute atomic E-state index is 0.0365. The van der Waals surface area contributed by atoms with E-state index < -0.39 is 13.9 Å². The van der Waals surface area contributed by atoms with Gasteiger partial charge in [0.1, 0.15) is 5.60 Å². The van der Waals surface area contributed by atoms with Gasteiger partial charge in [-0.15, -0.1) is 0 Å². The van der Waals surface area contributed by atoms with Crippen molar-refractivity contribution in [3.63, 3.8) is 0 Å². The molecule has 2 atom stereocenters. The fourth-order valence-corrected chi connectivity index (χ4v) is 3.28. The highest BCUT2D eigenvalue weighted by atomic mass is 28.4. The first-order valence-electron chi connectivity index (χ1n) is 9.02. The molecule has 0 aliphatic rings. The third-order valence-corrected chi connectivity index (χ3v) is 9.21. The molecule has 0 aliphatic heterocycles. The van der Waals surface area contributed by atoms with Crippen LogP contribution in [0.15, 0.2) is 0 Å². The van der Waals surface area contributed by atoms with Gasteiger partial charge in [-0.3, -0.25) is 4.79 Å². The Morgan fingerprint density at radius 1 is 1.04 bits per heavy atom. The Morgan fingerprint density at radius 2 is 1.57 bits per heavy atom. The monoisotopic (exact) mass is 344 g/mol. The second kappa shape index (κ2) is 8.66. The van der Waals surface area contributed by atoms with Crippen LogP contribution in [-0.4, -0.2) is 26.5 Å². The molecule has 0 aromatic heterocycles. The summed E-state index contributed by atoms with van der Waals surface area (Å²) >= 11 is 0. The van der Waals surface area contributed by atoms with E-state index >= 15 is 0 Å². The van der Waals surface area contributed by atoms with Crippen molar-refractivity contribution >= 4 is 14.3 Å². The summed E-state index contributed by atoms with van der Waals surface area (Å²) in [6.45, 7) is 22.2. The molecule has 0 fully saturated rings. The predicted molar refractivity (Wildman–Crippen MR) is 101 cm³/mol. The van der Waals surface area contributed by atoms with E-state index in [1.807, 2.05) is 27.7 Å². The lowest BCUT2D eigenvalue weighted by atomic mass is 9.93. The number of hydrogen-bond donors (Lipinski definition) is 0. The van der Waals surface area contributed by atoms with Gasteiger partial charge in [0.15, 0.2) is 8.32 Å². The molecule has 0 aromatic carbocycles. The zero-order valence-corrected chi connectivity index (χ0v) is 18.2. The summed E-state index contributed by atoms with van der Waals surface area (Å²) in [4.78, 5) is 12.0. The van der Waals surface area contributed by atoms with Gasteiger partial charge < -0.3 is 9.16 Å². The van der Waals surface area contributed by atoms with Crippen LogP contribution in [0, 0.1) is 11.8 Å². The molecule has 0 rings (SSSR count). The molecule has 23 heavy (non-hydrogen) atoms. The number of rotatable bonds is 8. The summed E-state index contributed by atoms with van der Waals surface area (Å²) in [5, 5.41) is 0.268. The lowest BCUT2D eigenvalue weighted by Gasteiger charge is -2.36. The van der Waals surface area contributed by atoms with Crippen LogP contribution in [0.25, 0.3) is 0 Å². The van der Waals surface area contributed by atoms with Gasteiger partial charge in [-0.05, 0) is 64.1 Å². The van der Waals surface area contributed by atoms with Gasteiger partial charge in [0.2, 0.25) is 0 Å². The van der Waals surface area contributed by atoms with Gasteiger partial charge in [0.05, 0.1) is 5.92 Å². The Kier molecular flexibility index (Phi) is 8.53. The zero-order chi connectivity index (χ0) is 18.5. The van der Waals surface area contributed by atoms with E-state index in [2.05, 4.69) is 40.8 Å². The molecule has 3 nitrogen and oxygen atoms in total. The molecule has 0 bridgehead atoms. The Hall–Kier alpha value is -0.353. The summed E-state index contributed by atoms with van der Waals surface area (Å²) in [6, 6.07) is 0. The highest BCUT2D eigenvalue weighted by Gasteiger charge is 2.36. The lowest BCUT2D eigenvalue weighted by molar-refractivity contribution is -0.159. The topological polar surface area (TPSA) is 35.5 Å². The molecule has 0 N–H and O–H groups in total. The van der Waals surface area contributed by atoms with E-state index in [1.165, 1.54) is 0 Å². The number of carbonyl (C=O) groups excluding carboxylic acids is 1. The standard InChI is InChI=1S/C19H40O3Si/c1-15(14-16(2)17(20)22-18(3,4)5)12-11-13-21-23(9,10)19(6,7)8/h15-16H,11-14H2,1-10H3/t15-,16?/m0/s1. The van der Waals surface area contributed by atoms with Crippen molar-refractivity contribution in [1.82, 2.24) is 0 Å². The Morgan fingerprint density at radius 3 is 2.00 bits per heavy atom. The summed E-state index contributed by atoms with van der Waals surface area (Å²) < 4.78 is 11.7. The van der Waals surface area contributed by atoms with Crippen molar-refractivity contribution < 1.29 is 14.0 Å². The van der Waals surface area contributed by atoms with Crippen molar-refractivity contribution in [2.45, 2.75) is 98.4 Å². The molecule has 0 saturated heterocycles. The van der Waals surface area contributed by atoms with Crippen LogP contribution < -0.4 is 0 Å². The van der Waals surface area contributed by atoms with E-state index in [0.29, 0.717) is 5.92 Å². The maximum Gasteiger partial charge on any atom is 0.309 e. The van der Waals surface area contributed by atoms with E-state index in [0.717, 1.165) is 25.9 Å². The van der Waals surface area contributed by atoms with Crippen LogP contribution in [0.3, 0.4) is 0 Å². The van der Waals surface area contributed by atoms with Crippen LogP contribution in [-0.2, 0) is 14.0 Å². The first-order chi connectivity index (χ1) is 10.2. The summed E-state index contributed by atoms with van der Waals surface area (Å²) in [5.74, 6) is 0.396. The average Bonchev–Trinajstić information content (AvgIpc) is 2.31. The van der Waals surface area contributed by atoms with Crippen LogP contribution in [0.2, 0.25) is 18.1 Å². The molecule has 0 radical (unpaired) electrons. The Labute approximate surface area is 145 Å². The highest BCUT2D eigenvalue weighted by Crippen LogP contribution is 2.36. The summed E-state index contributed by atoms with van der Waals surface area (Å²) in [5.41, 5.74) is -0.397. The molecule has 138 valence electrons. The van der Waals surface area contributed by atoms with E-state index in [-0.39, 0.29) is 16.9 Å². The molecule has 0 saturated carbocycles. The number of esters is 1. The second-order valence-corrected chi connectivity index (χ2v) is 14.3. The number of hydrogen-bond acceptors (Lipinski definition) is 3. The Balaban J connectivity index is 4.09. The van der Waals surface area contributed by atoms with Gasteiger partial charge in [0, 0.05) is 6.61 Å². The third kappa shape index (κ3) is 9.51. The molecular weight excluding hydrogens is 304 g/mol. The average molecular weight is 345 g/mol. The van der Waals surface area contributed by atoms with Gasteiger partial charge in [0.25, 0.3) is 0 Å². The smallest absolute Gasteiger partial charge is 0.309 e. The first-order valence-corrected chi connectivity index (χ1v) is 11.9. The van der Waals surface area contributed by atoms with Gasteiger partial charge in [-0.25, -0.2) is 0 Å². The van der Waals surface area contributed by atoms with Crippen LogP contribution >= 0.6 is 0 Å². The minimum Gasteiger partial charge on any atom is -0.460 e. The van der Waals surface area contributed by atoms with Crippen LogP contribution in [0.1, 0.15) is 74.7 Å². The predicted octanol–water partition coefficient (Wildman–Crippen LogP) is 5.79. The van der Waals surface area contributed by atoms with Crippen molar-refractivity contribution in [2.75, 3.05) is 6.61 Å². The van der Waals surface area contributed by atoms with Gasteiger partial charge >= 0.3 is 5.97 Å². The first kappa shape index (κ1) is 22.6. The van der Waals surface area contributed by atoms with Crippen LogP contribution in [0.5, 0.6) is 0 Å². The minimum atomic E-state index is -1.63. The normalized spacial score (nSPS) is 16.1. The van der Waals surface area contributed by atoms with Crippen molar-refractivity contribution in [1.29, 1.82) is 0 Å². The molecule has 0 amide bonds. The van der Waals surface area contributed by atoms with Gasteiger partial charge in [-0.1, -0.05) is 34.6 Å². The third-order valence-electron chi connectivity index (χ3n) is 4.68. The number of carbonyl (C=O) groups is 1. The van der Waals surface area contributed by atoms with E-state index in [9.17, 15) is 4.79 Å². The lowest BCUT2D eigenvalue weighted by Crippen LogP contribution is -2.41. The van der Waals surface area contributed by atoms with Crippen molar-refractivity contribution in [2.24, 2.45) is 11.8 Å². The second-order valence-electron chi connectivity index (χ2n) is 9.53. The highest BCUT2D eigenvalue weighted by molar-refractivity contribution is 6.74. The summed E-state index contributed by atoms with van der Waals surface area (Å²) in [7, 11) is -1.63. The zero-order valence-electron chi connectivity index (χ0n) is 17.2. The van der Waals surface area contributed by atoms with Crippen LogP contribution in [0.4, 0.5) is 0 Å². The summed E-state index contributed by atoms with van der Waals surface area (Å²) in [6.07, 6.45) is 3.05. The molecule has 0 aliphatic carbocycles. The fourth-order valence-electron chi connectivity index (χ4n) is 2.20. The largest absolute Gasteiger partial charge is 0.460 e. The number of ether oxygens (including phenoxy) is 1. The molecule has 0 spiro atoms. The Bertz CT molecular complexity index is 364. The SMILES string of the molecule is CC(C[C@@H](C)CCCO[Si](C)(C)C(C)(C)C)C(=O)OC(C)(C)C. The van der Waals surface area contributed by atoms with Gasteiger partial charge in [-0.2, -0.15) is 0 Å². The van der Waals surface area contributed by atoms with E-state index in [1.54, 1.807) is 0 Å².